The van der Waals surface area contributed by atoms with Gasteiger partial charge in [-0.25, -0.2) is 0 Å². The van der Waals surface area contributed by atoms with Crippen LogP contribution < -0.4 is 15.4 Å². The Hall–Kier alpha value is -4.20. The number of nitro benzene ring substituents is 1. The average molecular weight is 405 g/mol. The van der Waals surface area contributed by atoms with Crippen LogP contribution in [0, 0.1) is 17.0 Å². The Bertz CT molecular complexity index is 1110. The second kappa shape index (κ2) is 8.87. The first-order chi connectivity index (χ1) is 14.4. The first-order valence-corrected chi connectivity index (χ1v) is 9.05. The Labute approximate surface area is 172 Å². The quantitative estimate of drug-likeness (QED) is 0.469. The molecule has 0 atom stereocenters. The number of nitrogens with one attached hydrogen (secondary N) is 2. The lowest BCUT2D eigenvalue weighted by Gasteiger charge is -2.14. The maximum Gasteiger partial charge on any atom is 0.270 e. The zero-order valence-corrected chi connectivity index (χ0v) is 16.3. The summed E-state index contributed by atoms with van der Waals surface area (Å²) >= 11 is 0. The zero-order valence-electron chi connectivity index (χ0n) is 16.3. The monoisotopic (exact) mass is 405 g/mol. The van der Waals surface area contributed by atoms with Gasteiger partial charge in [-0.1, -0.05) is 24.3 Å². The molecule has 0 bridgehead atoms. The van der Waals surface area contributed by atoms with Crippen molar-refractivity contribution in [3.8, 4) is 11.5 Å². The highest BCUT2D eigenvalue weighted by atomic mass is 16.6. The molecule has 8 heteroatoms. The Morgan fingerprint density at radius 2 is 1.67 bits per heavy atom. The van der Waals surface area contributed by atoms with E-state index < -0.39 is 10.8 Å². The fraction of sp³-hybridized carbons (Fsp3) is 0.0909. The van der Waals surface area contributed by atoms with Gasteiger partial charge in [0, 0.05) is 30.4 Å². The largest absolute Gasteiger partial charge is 0.457 e. The molecule has 0 saturated heterocycles. The summed E-state index contributed by atoms with van der Waals surface area (Å²) in [6, 6.07) is 17.5. The molecule has 0 aliphatic carbocycles. The van der Waals surface area contributed by atoms with E-state index in [4.69, 9.17) is 4.74 Å². The number of hydrogen-bond acceptors (Lipinski definition) is 5. The Balaban J connectivity index is 1.97. The van der Waals surface area contributed by atoms with Crippen molar-refractivity contribution < 1.29 is 19.2 Å². The molecule has 0 spiro atoms. The van der Waals surface area contributed by atoms with E-state index in [0.29, 0.717) is 22.6 Å². The van der Waals surface area contributed by atoms with Gasteiger partial charge in [0.05, 0.1) is 10.5 Å². The fourth-order valence-electron chi connectivity index (χ4n) is 2.85. The van der Waals surface area contributed by atoms with Crippen LogP contribution in [0.25, 0.3) is 0 Å². The van der Waals surface area contributed by atoms with Gasteiger partial charge in [-0.15, -0.1) is 0 Å². The number of benzene rings is 3. The summed E-state index contributed by atoms with van der Waals surface area (Å²) in [5.41, 5.74) is 1.16. The van der Waals surface area contributed by atoms with Crippen molar-refractivity contribution in [1.82, 2.24) is 5.32 Å². The van der Waals surface area contributed by atoms with Crippen LogP contribution in [0.2, 0.25) is 0 Å². The molecule has 2 N–H and O–H groups in total. The van der Waals surface area contributed by atoms with Crippen molar-refractivity contribution in [2.24, 2.45) is 0 Å². The minimum atomic E-state index is -0.596. The van der Waals surface area contributed by atoms with Crippen LogP contribution in [0.4, 0.5) is 11.4 Å². The van der Waals surface area contributed by atoms with Gasteiger partial charge in [-0.05, 0) is 42.8 Å². The number of hydrogen-bond donors (Lipinski definition) is 2. The number of carbonyl (C=O) groups is 2. The fourth-order valence-corrected chi connectivity index (χ4v) is 2.85. The summed E-state index contributed by atoms with van der Waals surface area (Å²) in [6.07, 6.45) is 0. The lowest BCUT2D eigenvalue weighted by molar-refractivity contribution is -0.384. The lowest BCUT2D eigenvalue weighted by atomic mass is 10.1. The van der Waals surface area contributed by atoms with Crippen LogP contribution in [0.5, 0.6) is 11.5 Å². The smallest absolute Gasteiger partial charge is 0.270 e. The third-order valence-corrected chi connectivity index (χ3v) is 4.44. The number of anilines is 1. The van der Waals surface area contributed by atoms with E-state index in [2.05, 4.69) is 10.6 Å². The van der Waals surface area contributed by atoms with Crippen LogP contribution in [-0.2, 0) is 0 Å². The minimum Gasteiger partial charge on any atom is -0.457 e. The first-order valence-electron chi connectivity index (χ1n) is 9.05. The van der Waals surface area contributed by atoms with Crippen LogP contribution >= 0.6 is 0 Å². The van der Waals surface area contributed by atoms with Gasteiger partial charge in [0.1, 0.15) is 11.5 Å². The highest BCUT2D eigenvalue weighted by molar-refractivity contribution is 6.08. The number of carbonyl (C=O) groups excluding carboxylic acids is 2. The summed E-state index contributed by atoms with van der Waals surface area (Å²) in [6.45, 7) is 1.70. The molecule has 0 radical (unpaired) electrons. The molecule has 0 aliphatic heterocycles. The number of ether oxygens (including phenoxy) is 1. The molecule has 0 fully saturated rings. The van der Waals surface area contributed by atoms with Crippen molar-refractivity contribution in [2.75, 3.05) is 12.4 Å². The summed E-state index contributed by atoms with van der Waals surface area (Å²) in [5.74, 6) is -0.226. The third-order valence-electron chi connectivity index (χ3n) is 4.44. The highest BCUT2D eigenvalue weighted by Crippen LogP contribution is 2.30. The number of nitro groups is 1. The van der Waals surface area contributed by atoms with Crippen molar-refractivity contribution in [3.63, 3.8) is 0 Å². The van der Waals surface area contributed by atoms with E-state index in [1.807, 2.05) is 6.07 Å². The number of nitrogens with zero attached hydrogens (tertiary/aromatic N) is 1. The van der Waals surface area contributed by atoms with Crippen molar-refractivity contribution in [1.29, 1.82) is 0 Å². The van der Waals surface area contributed by atoms with Crippen molar-refractivity contribution >= 4 is 23.2 Å². The van der Waals surface area contributed by atoms with E-state index in [0.717, 1.165) is 6.07 Å². The Morgan fingerprint density at radius 1 is 0.933 bits per heavy atom. The molecule has 0 unspecified atom stereocenters. The molecular weight excluding hydrogens is 386 g/mol. The van der Waals surface area contributed by atoms with Gasteiger partial charge in [0.25, 0.3) is 17.5 Å². The maximum atomic E-state index is 13.0. The Kier molecular flexibility index (Phi) is 6.07. The second-order valence-electron chi connectivity index (χ2n) is 6.36. The van der Waals surface area contributed by atoms with Crippen molar-refractivity contribution in [2.45, 2.75) is 6.92 Å². The van der Waals surface area contributed by atoms with Gasteiger partial charge in [-0.2, -0.15) is 0 Å². The van der Waals surface area contributed by atoms with Crippen LogP contribution in [0.3, 0.4) is 0 Å². The van der Waals surface area contributed by atoms with E-state index >= 15 is 0 Å². The van der Waals surface area contributed by atoms with Gasteiger partial charge in [0.2, 0.25) is 0 Å². The predicted octanol–water partition coefficient (Wildman–Crippen LogP) is 4.31. The SMILES string of the molecule is CNC(=O)c1cccc(NC(=O)c2cc([N+](=O)[O-])ccc2Oc2ccccc2)c1C. The van der Waals surface area contributed by atoms with Gasteiger partial charge < -0.3 is 15.4 Å². The highest BCUT2D eigenvalue weighted by Gasteiger charge is 2.20. The Morgan fingerprint density at radius 3 is 2.33 bits per heavy atom. The van der Waals surface area contributed by atoms with Crippen LogP contribution in [0.1, 0.15) is 26.3 Å². The third kappa shape index (κ3) is 4.44. The summed E-state index contributed by atoms with van der Waals surface area (Å²) < 4.78 is 5.77. The second-order valence-corrected chi connectivity index (χ2v) is 6.36. The standard InChI is InChI=1S/C22H19N3O5/c1-14-17(21(26)23-2)9-6-10-19(14)24-22(27)18-13-15(25(28)29)11-12-20(18)30-16-7-4-3-5-8-16/h3-13H,1-2H3,(H,23,26)(H,24,27). The van der Waals surface area contributed by atoms with Gasteiger partial charge in [-0.3, -0.25) is 19.7 Å². The van der Waals surface area contributed by atoms with Gasteiger partial charge >= 0.3 is 0 Å². The number of para-hydroxylation sites is 1. The molecule has 152 valence electrons. The molecule has 3 aromatic rings. The lowest BCUT2D eigenvalue weighted by Crippen LogP contribution is -2.20. The molecule has 8 nitrogen and oxygen atoms in total. The number of amides is 2. The topological polar surface area (TPSA) is 111 Å². The number of rotatable bonds is 6. The molecule has 0 aliphatic rings. The summed E-state index contributed by atoms with van der Waals surface area (Å²) in [4.78, 5) is 35.6. The number of non-ortho nitro benzene ring substituents is 1. The molecule has 2 amide bonds. The normalized spacial score (nSPS) is 10.2. The molecule has 0 heterocycles. The molecule has 0 saturated carbocycles. The molecular formula is C22H19N3O5. The minimum absolute atomic E-state index is 0.00204. The van der Waals surface area contributed by atoms with Crippen molar-refractivity contribution in [3.05, 3.63) is 93.5 Å². The van der Waals surface area contributed by atoms with Crippen LogP contribution in [-0.4, -0.2) is 23.8 Å². The zero-order chi connectivity index (χ0) is 21.7. The molecule has 3 rings (SSSR count). The van der Waals surface area contributed by atoms with E-state index in [-0.39, 0.29) is 22.9 Å². The van der Waals surface area contributed by atoms with Gasteiger partial charge in [0.15, 0.2) is 0 Å². The van der Waals surface area contributed by atoms with E-state index in [1.54, 1.807) is 49.4 Å². The van der Waals surface area contributed by atoms with Crippen LogP contribution in [0.15, 0.2) is 66.7 Å². The summed E-state index contributed by atoms with van der Waals surface area (Å²) in [7, 11) is 1.52. The predicted molar refractivity (Wildman–Crippen MR) is 112 cm³/mol. The molecule has 30 heavy (non-hydrogen) atoms. The van der Waals surface area contributed by atoms with E-state index in [9.17, 15) is 19.7 Å². The molecule has 0 aromatic heterocycles. The van der Waals surface area contributed by atoms with E-state index in [1.165, 1.54) is 19.2 Å². The average Bonchev–Trinajstić information content (AvgIpc) is 2.75. The first kappa shape index (κ1) is 20.5. The maximum absolute atomic E-state index is 13.0. The molecule has 3 aromatic carbocycles. The summed E-state index contributed by atoms with van der Waals surface area (Å²) in [5, 5.41) is 16.5.